The van der Waals surface area contributed by atoms with Crippen LogP contribution in [0.15, 0.2) is 24.3 Å². The third kappa shape index (κ3) is 5.74. The second kappa shape index (κ2) is 9.42. The Morgan fingerprint density at radius 3 is 2.56 bits per heavy atom. The molecule has 1 fully saturated rings. The lowest BCUT2D eigenvalue weighted by molar-refractivity contribution is -0.892. The van der Waals surface area contributed by atoms with Crippen LogP contribution in [0.2, 0.25) is 0 Å². The van der Waals surface area contributed by atoms with Crippen LogP contribution < -0.4 is 15.1 Å². The number of anilines is 1. The molecule has 0 saturated carbocycles. The molecule has 0 radical (unpaired) electrons. The summed E-state index contributed by atoms with van der Waals surface area (Å²) in [5, 5.41) is 2.80. The average Bonchev–Trinajstić information content (AvgIpc) is 2.61. The van der Waals surface area contributed by atoms with Gasteiger partial charge in [0.2, 0.25) is 5.91 Å². The third-order valence-corrected chi connectivity index (χ3v) is 4.71. The van der Waals surface area contributed by atoms with Crippen molar-refractivity contribution in [3.05, 3.63) is 29.8 Å². The third-order valence-electron chi connectivity index (χ3n) is 4.71. The molecule has 25 heavy (non-hydrogen) atoms. The molecule has 0 spiro atoms. The monoisotopic (exact) mass is 347 g/mol. The van der Waals surface area contributed by atoms with Crippen molar-refractivity contribution in [1.82, 2.24) is 10.2 Å². The SMILES string of the molecule is CCCNC(=O)CN(C)C(=O)C[NH+]1CCN(c2ccccc2C)CC1. The van der Waals surface area contributed by atoms with Crippen molar-refractivity contribution in [2.24, 2.45) is 0 Å². The Morgan fingerprint density at radius 2 is 1.92 bits per heavy atom. The van der Waals surface area contributed by atoms with Gasteiger partial charge >= 0.3 is 0 Å². The zero-order valence-electron chi connectivity index (χ0n) is 15.7. The maximum atomic E-state index is 12.3. The molecule has 0 bridgehead atoms. The van der Waals surface area contributed by atoms with Crippen LogP contribution in [-0.2, 0) is 9.59 Å². The van der Waals surface area contributed by atoms with E-state index in [4.69, 9.17) is 0 Å². The fourth-order valence-electron chi connectivity index (χ4n) is 3.13. The molecular weight excluding hydrogens is 316 g/mol. The first-order valence-corrected chi connectivity index (χ1v) is 9.16. The normalized spacial score (nSPS) is 15.1. The highest BCUT2D eigenvalue weighted by Gasteiger charge is 2.24. The average molecular weight is 347 g/mol. The number of quaternary nitrogens is 1. The summed E-state index contributed by atoms with van der Waals surface area (Å²) in [6.45, 7) is 9.19. The van der Waals surface area contributed by atoms with Crippen LogP contribution in [-0.4, -0.2) is 69.6 Å². The fraction of sp³-hybridized carbons (Fsp3) is 0.579. The zero-order valence-corrected chi connectivity index (χ0v) is 15.7. The fourth-order valence-corrected chi connectivity index (χ4v) is 3.13. The number of nitrogens with one attached hydrogen (secondary N) is 2. The number of para-hydroxylation sites is 1. The Kier molecular flexibility index (Phi) is 7.25. The van der Waals surface area contributed by atoms with Crippen LogP contribution in [0.3, 0.4) is 0 Å². The van der Waals surface area contributed by atoms with Gasteiger partial charge in [-0.2, -0.15) is 0 Å². The van der Waals surface area contributed by atoms with Gasteiger partial charge in [-0.1, -0.05) is 25.1 Å². The molecular formula is C19H31N4O2+. The number of hydrogen-bond donors (Lipinski definition) is 2. The number of rotatable bonds is 7. The van der Waals surface area contributed by atoms with Gasteiger partial charge in [-0.3, -0.25) is 9.59 Å². The number of nitrogens with zero attached hydrogens (tertiary/aromatic N) is 2. The minimum absolute atomic E-state index is 0.0333. The molecule has 1 saturated heterocycles. The summed E-state index contributed by atoms with van der Waals surface area (Å²) in [5.74, 6) is -0.0527. The molecule has 0 aromatic heterocycles. The number of likely N-dealkylation sites (N-methyl/N-ethyl adjacent to an activating group) is 1. The topological polar surface area (TPSA) is 57.1 Å². The van der Waals surface area contributed by atoms with Crippen molar-refractivity contribution in [2.45, 2.75) is 20.3 Å². The molecule has 2 rings (SSSR count). The minimum atomic E-state index is -0.0860. The van der Waals surface area contributed by atoms with Crippen LogP contribution in [0.5, 0.6) is 0 Å². The molecule has 1 aliphatic heterocycles. The second-order valence-electron chi connectivity index (χ2n) is 6.80. The summed E-state index contributed by atoms with van der Waals surface area (Å²) in [6.07, 6.45) is 0.902. The molecule has 1 heterocycles. The first-order chi connectivity index (χ1) is 12.0. The van der Waals surface area contributed by atoms with Crippen molar-refractivity contribution in [1.29, 1.82) is 0 Å². The van der Waals surface area contributed by atoms with E-state index < -0.39 is 0 Å². The van der Waals surface area contributed by atoms with Crippen molar-refractivity contribution in [3.8, 4) is 0 Å². The van der Waals surface area contributed by atoms with E-state index in [1.165, 1.54) is 21.1 Å². The number of benzene rings is 1. The lowest BCUT2D eigenvalue weighted by atomic mass is 10.1. The van der Waals surface area contributed by atoms with Crippen molar-refractivity contribution >= 4 is 17.5 Å². The molecule has 6 heteroatoms. The van der Waals surface area contributed by atoms with E-state index in [0.717, 1.165) is 32.6 Å². The van der Waals surface area contributed by atoms with E-state index in [1.807, 2.05) is 6.92 Å². The quantitative estimate of drug-likeness (QED) is 0.711. The van der Waals surface area contributed by atoms with Gasteiger partial charge in [0.15, 0.2) is 6.54 Å². The van der Waals surface area contributed by atoms with Gasteiger partial charge in [0.05, 0.1) is 32.7 Å². The van der Waals surface area contributed by atoms with Crippen molar-refractivity contribution in [3.63, 3.8) is 0 Å². The van der Waals surface area contributed by atoms with Crippen LogP contribution in [0.25, 0.3) is 0 Å². The van der Waals surface area contributed by atoms with Gasteiger partial charge in [-0.05, 0) is 25.0 Å². The predicted octanol–water partition coefficient (Wildman–Crippen LogP) is -0.315. The van der Waals surface area contributed by atoms with E-state index in [1.54, 1.807) is 7.05 Å². The molecule has 6 nitrogen and oxygen atoms in total. The molecule has 0 atom stereocenters. The minimum Gasteiger partial charge on any atom is -0.360 e. The Morgan fingerprint density at radius 1 is 1.24 bits per heavy atom. The van der Waals surface area contributed by atoms with Gasteiger partial charge in [-0.25, -0.2) is 0 Å². The number of carbonyl (C=O) groups excluding carboxylic acids is 2. The summed E-state index contributed by atoms with van der Waals surface area (Å²) in [6, 6.07) is 8.43. The standard InChI is InChI=1S/C19H30N4O2/c1-4-9-20-18(24)14-21(3)19(25)15-22-10-12-23(13-11-22)17-8-6-5-7-16(17)2/h5-8H,4,9-15H2,1-3H3,(H,20,24)/p+1. The molecule has 0 unspecified atom stereocenters. The van der Waals surface area contributed by atoms with Gasteiger partial charge in [0.25, 0.3) is 5.91 Å². The Balaban J connectivity index is 1.76. The smallest absolute Gasteiger partial charge is 0.277 e. The van der Waals surface area contributed by atoms with Gasteiger partial charge < -0.3 is 20.0 Å². The van der Waals surface area contributed by atoms with E-state index in [2.05, 4.69) is 41.4 Å². The maximum absolute atomic E-state index is 12.3. The lowest BCUT2D eigenvalue weighted by Gasteiger charge is -2.34. The summed E-state index contributed by atoms with van der Waals surface area (Å²) >= 11 is 0. The van der Waals surface area contributed by atoms with Crippen molar-refractivity contribution < 1.29 is 14.5 Å². The van der Waals surface area contributed by atoms with Crippen LogP contribution in [0.1, 0.15) is 18.9 Å². The van der Waals surface area contributed by atoms with Crippen LogP contribution in [0, 0.1) is 6.92 Å². The largest absolute Gasteiger partial charge is 0.360 e. The molecule has 2 amide bonds. The van der Waals surface area contributed by atoms with E-state index in [0.29, 0.717) is 13.1 Å². The second-order valence-corrected chi connectivity index (χ2v) is 6.80. The first kappa shape index (κ1) is 19.2. The van der Waals surface area contributed by atoms with Gasteiger partial charge in [-0.15, -0.1) is 0 Å². The summed E-state index contributed by atoms with van der Waals surface area (Å²) < 4.78 is 0. The van der Waals surface area contributed by atoms with Gasteiger partial charge in [0.1, 0.15) is 0 Å². The highest BCUT2D eigenvalue weighted by molar-refractivity contribution is 5.84. The lowest BCUT2D eigenvalue weighted by Crippen LogP contribution is -3.15. The molecule has 138 valence electrons. The number of hydrogen-bond acceptors (Lipinski definition) is 3. The molecule has 2 N–H and O–H groups in total. The molecule has 1 aromatic carbocycles. The number of carbonyl (C=O) groups is 2. The molecule has 0 aliphatic carbocycles. The highest BCUT2D eigenvalue weighted by Crippen LogP contribution is 2.18. The van der Waals surface area contributed by atoms with E-state index >= 15 is 0 Å². The predicted molar refractivity (Wildman–Crippen MR) is 99.9 cm³/mol. The summed E-state index contributed by atoms with van der Waals surface area (Å²) in [5.41, 5.74) is 2.58. The van der Waals surface area contributed by atoms with Crippen LogP contribution >= 0.6 is 0 Å². The Labute approximate surface area is 150 Å². The van der Waals surface area contributed by atoms with Gasteiger partial charge in [0, 0.05) is 19.3 Å². The highest BCUT2D eigenvalue weighted by atomic mass is 16.2. The Bertz CT molecular complexity index is 583. The van der Waals surface area contributed by atoms with E-state index in [9.17, 15) is 9.59 Å². The zero-order chi connectivity index (χ0) is 18.2. The molecule has 1 aromatic rings. The molecule has 1 aliphatic rings. The number of piperazine rings is 1. The van der Waals surface area contributed by atoms with Crippen molar-refractivity contribution in [2.75, 3.05) is 57.8 Å². The maximum Gasteiger partial charge on any atom is 0.277 e. The summed E-state index contributed by atoms with van der Waals surface area (Å²) in [4.78, 5) is 29.3. The van der Waals surface area contributed by atoms with Crippen LogP contribution in [0.4, 0.5) is 5.69 Å². The summed E-state index contributed by atoms with van der Waals surface area (Å²) in [7, 11) is 1.71. The Hall–Kier alpha value is -2.08. The number of aryl methyl sites for hydroxylation is 1. The van der Waals surface area contributed by atoms with E-state index in [-0.39, 0.29) is 18.4 Å². The number of amides is 2. The first-order valence-electron chi connectivity index (χ1n) is 9.16.